The minimum atomic E-state index is -1.43. The smallest absolute Gasteiger partial charge is 0.394 e. The van der Waals surface area contributed by atoms with Gasteiger partial charge in [-0.2, -0.15) is 0 Å². The quantitative estimate of drug-likeness (QED) is 0.823. The first kappa shape index (κ1) is 13.1. The van der Waals surface area contributed by atoms with Crippen LogP contribution >= 0.6 is 0 Å². The molecule has 100 valence electrons. The zero-order chi connectivity index (χ0) is 14.0. The van der Waals surface area contributed by atoms with Gasteiger partial charge in [-0.25, -0.2) is 9.78 Å². The largest absolute Gasteiger partial charge is 0.474 e. The zero-order valence-corrected chi connectivity index (χ0v) is 10.8. The van der Waals surface area contributed by atoms with Crippen LogP contribution in [0.3, 0.4) is 0 Å². The van der Waals surface area contributed by atoms with Crippen molar-refractivity contribution >= 4 is 22.9 Å². The molecular formula is C13H15N3O3. The minimum absolute atomic E-state index is 0.365. The van der Waals surface area contributed by atoms with Gasteiger partial charge in [0, 0.05) is 20.6 Å². The molecule has 1 amide bonds. The van der Waals surface area contributed by atoms with Crippen molar-refractivity contribution in [3.63, 3.8) is 0 Å². The number of carbonyl (C=O) groups excluding carboxylic acids is 1. The Kier molecular flexibility index (Phi) is 3.50. The molecule has 0 aliphatic rings. The fourth-order valence-corrected chi connectivity index (χ4v) is 1.90. The van der Waals surface area contributed by atoms with E-state index in [1.54, 1.807) is 6.33 Å². The van der Waals surface area contributed by atoms with Gasteiger partial charge in [0.2, 0.25) is 0 Å². The van der Waals surface area contributed by atoms with Gasteiger partial charge in [-0.15, -0.1) is 0 Å². The second-order valence-electron chi connectivity index (χ2n) is 4.46. The molecule has 1 N–H and O–H groups in total. The molecule has 0 saturated heterocycles. The third-order valence-corrected chi connectivity index (χ3v) is 3.06. The number of hydrogen-bond donors (Lipinski definition) is 1. The lowest BCUT2D eigenvalue weighted by atomic mass is 10.1. The number of carboxylic acid groups (broad SMARTS) is 1. The average molecular weight is 261 g/mol. The van der Waals surface area contributed by atoms with Gasteiger partial charge in [-0.3, -0.25) is 4.79 Å². The van der Waals surface area contributed by atoms with Gasteiger partial charge in [0.05, 0.1) is 17.4 Å². The maximum Gasteiger partial charge on any atom is 0.394 e. The second-order valence-corrected chi connectivity index (χ2v) is 4.46. The summed E-state index contributed by atoms with van der Waals surface area (Å²) in [5.41, 5.74) is 2.96. The van der Waals surface area contributed by atoms with Gasteiger partial charge >= 0.3 is 11.9 Å². The van der Waals surface area contributed by atoms with Crippen LogP contribution in [-0.2, 0) is 23.1 Å². The Morgan fingerprint density at radius 2 is 2.16 bits per heavy atom. The third kappa shape index (κ3) is 2.73. The van der Waals surface area contributed by atoms with Crippen LogP contribution < -0.4 is 0 Å². The maximum atomic E-state index is 11.2. The number of carbonyl (C=O) groups is 2. The number of hydrogen-bond acceptors (Lipinski definition) is 3. The molecule has 0 unspecified atom stereocenters. The van der Waals surface area contributed by atoms with Crippen LogP contribution in [-0.4, -0.2) is 45.0 Å². The summed E-state index contributed by atoms with van der Waals surface area (Å²) in [7, 11) is 3.41. The van der Waals surface area contributed by atoms with E-state index in [-0.39, 0.29) is 0 Å². The van der Waals surface area contributed by atoms with Crippen LogP contribution in [0.25, 0.3) is 11.0 Å². The van der Waals surface area contributed by atoms with Crippen molar-refractivity contribution in [2.45, 2.75) is 6.42 Å². The Bertz CT molecular complexity index is 633. The molecule has 1 heterocycles. The summed E-state index contributed by atoms with van der Waals surface area (Å²) in [4.78, 5) is 27.2. The van der Waals surface area contributed by atoms with E-state index < -0.39 is 11.9 Å². The zero-order valence-electron chi connectivity index (χ0n) is 10.8. The Morgan fingerprint density at radius 3 is 2.84 bits per heavy atom. The number of fused-ring (bicyclic) bond motifs is 1. The van der Waals surface area contributed by atoms with Crippen LogP contribution in [0.15, 0.2) is 24.5 Å². The standard InChI is InChI=1S/C13H15N3O3/c1-15(12(17)13(18)19)6-5-9-3-4-11-10(7-9)14-8-16(11)2/h3-4,7-8H,5-6H2,1-2H3,(H,18,19). The van der Waals surface area contributed by atoms with Gasteiger partial charge in [-0.1, -0.05) is 6.07 Å². The van der Waals surface area contributed by atoms with E-state index in [2.05, 4.69) is 4.98 Å². The van der Waals surface area contributed by atoms with Crippen LogP contribution in [0.5, 0.6) is 0 Å². The number of likely N-dealkylation sites (N-methyl/N-ethyl adjacent to an activating group) is 1. The van der Waals surface area contributed by atoms with Crippen molar-refractivity contribution in [1.29, 1.82) is 0 Å². The number of aryl methyl sites for hydroxylation is 1. The predicted octanol–water partition coefficient (Wildman–Crippen LogP) is 0.659. The first-order chi connectivity index (χ1) is 8.99. The highest BCUT2D eigenvalue weighted by atomic mass is 16.4. The SMILES string of the molecule is CN(CCc1ccc2c(c1)ncn2C)C(=O)C(=O)O. The molecule has 2 aromatic rings. The van der Waals surface area contributed by atoms with Gasteiger partial charge in [-0.05, 0) is 24.1 Å². The number of aliphatic carboxylic acids is 1. The molecule has 0 aliphatic carbocycles. The van der Waals surface area contributed by atoms with Crippen LogP contribution in [0.4, 0.5) is 0 Å². The van der Waals surface area contributed by atoms with Crippen molar-refractivity contribution in [2.75, 3.05) is 13.6 Å². The van der Waals surface area contributed by atoms with E-state index in [0.717, 1.165) is 16.6 Å². The number of carboxylic acids is 1. The Morgan fingerprint density at radius 1 is 1.42 bits per heavy atom. The van der Waals surface area contributed by atoms with E-state index in [0.29, 0.717) is 13.0 Å². The summed E-state index contributed by atoms with van der Waals surface area (Å²) in [5, 5.41) is 8.59. The van der Waals surface area contributed by atoms with E-state index in [1.807, 2.05) is 29.8 Å². The van der Waals surface area contributed by atoms with Crippen molar-refractivity contribution in [1.82, 2.24) is 14.5 Å². The number of aromatic nitrogens is 2. The summed E-state index contributed by atoms with van der Waals surface area (Å²) < 4.78 is 1.93. The summed E-state index contributed by atoms with van der Waals surface area (Å²) in [6, 6.07) is 5.88. The van der Waals surface area contributed by atoms with Crippen LogP contribution in [0, 0.1) is 0 Å². The van der Waals surface area contributed by atoms with Gasteiger partial charge in [0.15, 0.2) is 0 Å². The second kappa shape index (κ2) is 5.09. The summed E-state index contributed by atoms with van der Waals surface area (Å²) >= 11 is 0. The lowest BCUT2D eigenvalue weighted by Crippen LogP contribution is -2.34. The first-order valence-electron chi connectivity index (χ1n) is 5.87. The molecule has 0 fully saturated rings. The molecule has 6 nitrogen and oxygen atoms in total. The summed E-state index contributed by atoms with van der Waals surface area (Å²) in [5.74, 6) is -2.32. The highest BCUT2D eigenvalue weighted by Crippen LogP contribution is 2.14. The molecule has 0 bridgehead atoms. The molecule has 0 aliphatic heterocycles. The van der Waals surface area contributed by atoms with Gasteiger partial charge < -0.3 is 14.6 Å². The Balaban J connectivity index is 2.05. The molecule has 6 heteroatoms. The van der Waals surface area contributed by atoms with Gasteiger partial charge in [0.25, 0.3) is 0 Å². The van der Waals surface area contributed by atoms with E-state index >= 15 is 0 Å². The molecule has 0 spiro atoms. The molecule has 19 heavy (non-hydrogen) atoms. The lowest BCUT2D eigenvalue weighted by molar-refractivity contribution is -0.155. The van der Waals surface area contributed by atoms with Crippen LogP contribution in [0.2, 0.25) is 0 Å². The van der Waals surface area contributed by atoms with Crippen LogP contribution in [0.1, 0.15) is 5.56 Å². The maximum absolute atomic E-state index is 11.2. The van der Waals surface area contributed by atoms with Crippen molar-refractivity contribution in [3.8, 4) is 0 Å². The van der Waals surface area contributed by atoms with Gasteiger partial charge in [0.1, 0.15) is 0 Å². The normalized spacial score (nSPS) is 10.6. The van der Waals surface area contributed by atoms with Crippen molar-refractivity contribution < 1.29 is 14.7 Å². The lowest BCUT2D eigenvalue weighted by Gasteiger charge is -2.14. The Labute approximate surface area is 110 Å². The number of nitrogens with zero attached hydrogens (tertiary/aromatic N) is 3. The number of amides is 1. The van der Waals surface area contributed by atoms with Crippen molar-refractivity contribution in [2.24, 2.45) is 7.05 Å². The molecule has 1 aromatic heterocycles. The molecule has 0 radical (unpaired) electrons. The first-order valence-corrected chi connectivity index (χ1v) is 5.87. The molecular weight excluding hydrogens is 246 g/mol. The van der Waals surface area contributed by atoms with E-state index in [1.165, 1.54) is 11.9 Å². The highest BCUT2D eigenvalue weighted by Gasteiger charge is 2.16. The highest BCUT2D eigenvalue weighted by molar-refractivity contribution is 6.31. The summed E-state index contributed by atoms with van der Waals surface area (Å²) in [6.45, 7) is 0.365. The number of rotatable bonds is 3. The minimum Gasteiger partial charge on any atom is -0.474 e. The fraction of sp³-hybridized carbons (Fsp3) is 0.308. The number of benzene rings is 1. The molecule has 0 atom stereocenters. The topological polar surface area (TPSA) is 75.4 Å². The summed E-state index contributed by atoms with van der Waals surface area (Å²) in [6.07, 6.45) is 2.34. The van der Waals surface area contributed by atoms with E-state index in [9.17, 15) is 9.59 Å². The molecule has 2 rings (SSSR count). The predicted molar refractivity (Wildman–Crippen MR) is 69.7 cm³/mol. The van der Waals surface area contributed by atoms with Crippen molar-refractivity contribution in [3.05, 3.63) is 30.1 Å². The number of imidazole rings is 1. The Hall–Kier alpha value is -2.37. The van der Waals surface area contributed by atoms with E-state index in [4.69, 9.17) is 5.11 Å². The average Bonchev–Trinajstić information content (AvgIpc) is 2.76. The fourth-order valence-electron chi connectivity index (χ4n) is 1.90. The monoisotopic (exact) mass is 261 g/mol. The third-order valence-electron chi connectivity index (χ3n) is 3.06. The molecule has 1 aromatic carbocycles. The molecule has 0 saturated carbocycles.